The molecule has 0 radical (unpaired) electrons. The maximum atomic E-state index is 13.6. The normalized spacial score (nSPS) is 21.7. The third kappa shape index (κ3) is 2.85. The highest BCUT2D eigenvalue weighted by atomic mass is 19.1. The zero-order valence-electron chi connectivity index (χ0n) is 14.7. The fraction of sp³-hybridized carbons (Fsp3) is 0.526. The third-order valence-corrected chi connectivity index (χ3v) is 5.63. The van der Waals surface area contributed by atoms with Crippen molar-refractivity contribution in [1.29, 1.82) is 0 Å². The zero-order chi connectivity index (χ0) is 18.5. The van der Waals surface area contributed by atoms with E-state index in [9.17, 15) is 18.8 Å². The summed E-state index contributed by atoms with van der Waals surface area (Å²) < 4.78 is 13.6. The molecule has 0 unspecified atom stereocenters. The zero-order valence-corrected chi connectivity index (χ0v) is 14.7. The average molecular weight is 359 g/mol. The molecule has 138 valence electrons. The van der Waals surface area contributed by atoms with Gasteiger partial charge in [-0.2, -0.15) is 0 Å². The summed E-state index contributed by atoms with van der Waals surface area (Å²) >= 11 is 0. The highest BCUT2D eigenvalue weighted by Crippen LogP contribution is 2.54. The Balaban J connectivity index is 1.39. The molecular formula is C19H22FN3O3. The monoisotopic (exact) mass is 359 g/mol. The van der Waals surface area contributed by atoms with Crippen molar-refractivity contribution in [2.45, 2.75) is 44.7 Å². The summed E-state index contributed by atoms with van der Waals surface area (Å²) in [7, 11) is 0. The van der Waals surface area contributed by atoms with E-state index in [4.69, 9.17) is 0 Å². The Morgan fingerprint density at radius 1 is 1.27 bits per heavy atom. The topological polar surface area (TPSA) is 78.5 Å². The van der Waals surface area contributed by atoms with Crippen molar-refractivity contribution in [3.63, 3.8) is 0 Å². The van der Waals surface area contributed by atoms with Crippen LogP contribution in [0.3, 0.4) is 0 Å². The van der Waals surface area contributed by atoms with Crippen LogP contribution in [0.4, 0.5) is 9.18 Å². The van der Waals surface area contributed by atoms with Gasteiger partial charge in [0.25, 0.3) is 5.91 Å². The molecule has 0 aromatic heterocycles. The van der Waals surface area contributed by atoms with Crippen LogP contribution < -0.4 is 10.6 Å². The van der Waals surface area contributed by atoms with Gasteiger partial charge in [0.15, 0.2) is 0 Å². The molecule has 0 atom stereocenters. The van der Waals surface area contributed by atoms with Crippen LogP contribution in [0.2, 0.25) is 0 Å². The first kappa shape index (κ1) is 17.0. The summed E-state index contributed by atoms with van der Waals surface area (Å²) in [5, 5.41) is 5.54. The number of aryl methyl sites for hydroxylation is 1. The highest BCUT2D eigenvalue weighted by molar-refractivity contribution is 6.09. The first-order valence-corrected chi connectivity index (χ1v) is 9.07. The van der Waals surface area contributed by atoms with Crippen LogP contribution in [0.5, 0.6) is 0 Å². The van der Waals surface area contributed by atoms with E-state index in [-0.39, 0.29) is 36.6 Å². The second-order valence-electron chi connectivity index (χ2n) is 7.60. The molecule has 3 fully saturated rings. The van der Waals surface area contributed by atoms with Gasteiger partial charge in [0.1, 0.15) is 17.9 Å². The van der Waals surface area contributed by atoms with Crippen molar-refractivity contribution in [3.8, 4) is 0 Å². The number of hydrogen-bond acceptors (Lipinski definition) is 3. The van der Waals surface area contributed by atoms with Gasteiger partial charge < -0.3 is 10.6 Å². The standard InChI is InChI=1S/C19H22FN3O3/c1-11-2-3-12(8-15(11)20)9-21-16(24)10-23-17(25)19(13-4-5-13,14-6-7-14)22-18(23)26/h2-3,8,13-14H,4-7,9-10H2,1H3,(H,21,24)(H,22,26). The molecule has 1 aromatic carbocycles. The Morgan fingerprint density at radius 3 is 2.50 bits per heavy atom. The Bertz CT molecular complexity index is 774. The number of benzene rings is 1. The van der Waals surface area contributed by atoms with E-state index in [0.717, 1.165) is 30.6 Å². The molecule has 6 nitrogen and oxygen atoms in total. The van der Waals surface area contributed by atoms with Crippen LogP contribution in [0, 0.1) is 24.6 Å². The fourth-order valence-electron chi connectivity index (χ4n) is 3.87. The quantitative estimate of drug-likeness (QED) is 0.761. The first-order chi connectivity index (χ1) is 12.4. The van der Waals surface area contributed by atoms with Gasteiger partial charge >= 0.3 is 6.03 Å². The SMILES string of the molecule is Cc1ccc(CNC(=O)CN2C(=O)NC(C3CC3)(C3CC3)C2=O)cc1F. The predicted molar refractivity (Wildman–Crippen MR) is 91.4 cm³/mol. The number of nitrogens with one attached hydrogen (secondary N) is 2. The smallest absolute Gasteiger partial charge is 0.325 e. The van der Waals surface area contributed by atoms with Gasteiger partial charge in [0.05, 0.1) is 0 Å². The number of imide groups is 1. The van der Waals surface area contributed by atoms with Crippen molar-refractivity contribution < 1.29 is 18.8 Å². The molecule has 1 heterocycles. The minimum absolute atomic E-state index is 0.149. The van der Waals surface area contributed by atoms with Crippen LogP contribution in [0.1, 0.15) is 36.8 Å². The molecule has 1 aliphatic heterocycles. The van der Waals surface area contributed by atoms with Crippen LogP contribution in [-0.4, -0.2) is 34.8 Å². The van der Waals surface area contributed by atoms with Crippen molar-refractivity contribution >= 4 is 17.8 Å². The Kier molecular flexibility index (Phi) is 3.97. The summed E-state index contributed by atoms with van der Waals surface area (Å²) in [4.78, 5) is 38.5. The molecule has 4 rings (SSSR count). The number of rotatable bonds is 6. The van der Waals surface area contributed by atoms with Crippen molar-refractivity contribution in [2.75, 3.05) is 6.54 Å². The van der Waals surface area contributed by atoms with E-state index >= 15 is 0 Å². The predicted octanol–water partition coefficient (Wildman–Crippen LogP) is 1.86. The van der Waals surface area contributed by atoms with Gasteiger partial charge in [-0.1, -0.05) is 12.1 Å². The lowest BCUT2D eigenvalue weighted by molar-refractivity contribution is -0.136. The minimum Gasteiger partial charge on any atom is -0.350 e. The molecule has 1 aromatic rings. The van der Waals surface area contributed by atoms with Crippen molar-refractivity contribution in [3.05, 3.63) is 35.1 Å². The number of hydrogen-bond donors (Lipinski definition) is 2. The van der Waals surface area contributed by atoms with Crippen molar-refractivity contribution in [1.82, 2.24) is 15.5 Å². The maximum absolute atomic E-state index is 13.6. The second-order valence-corrected chi connectivity index (χ2v) is 7.60. The highest BCUT2D eigenvalue weighted by Gasteiger charge is 2.65. The molecule has 4 amide bonds. The van der Waals surface area contributed by atoms with E-state index in [0.29, 0.717) is 11.1 Å². The molecule has 2 N–H and O–H groups in total. The summed E-state index contributed by atoms with van der Waals surface area (Å²) in [5.74, 6) is -0.615. The molecule has 3 aliphatic rings. The number of carbonyl (C=O) groups is 3. The summed E-state index contributed by atoms with van der Waals surface area (Å²) in [5.41, 5.74) is 0.386. The van der Waals surface area contributed by atoms with E-state index < -0.39 is 17.5 Å². The lowest BCUT2D eigenvalue weighted by Gasteiger charge is -2.26. The van der Waals surface area contributed by atoms with E-state index in [2.05, 4.69) is 10.6 Å². The fourth-order valence-corrected chi connectivity index (χ4v) is 3.87. The van der Waals surface area contributed by atoms with Crippen LogP contribution >= 0.6 is 0 Å². The Hall–Kier alpha value is -2.44. The van der Waals surface area contributed by atoms with Gasteiger partial charge in [-0.25, -0.2) is 9.18 Å². The summed E-state index contributed by atoms with van der Waals surface area (Å²) in [6.07, 6.45) is 3.78. The lowest BCUT2D eigenvalue weighted by Crippen LogP contribution is -2.51. The van der Waals surface area contributed by atoms with Crippen LogP contribution in [0.25, 0.3) is 0 Å². The number of amides is 4. The molecule has 7 heteroatoms. The Morgan fingerprint density at radius 2 is 1.92 bits per heavy atom. The van der Waals surface area contributed by atoms with Crippen molar-refractivity contribution in [2.24, 2.45) is 11.8 Å². The minimum atomic E-state index is -0.780. The van der Waals surface area contributed by atoms with Gasteiger partial charge in [-0.15, -0.1) is 0 Å². The molecule has 1 saturated heterocycles. The number of nitrogens with zero attached hydrogens (tertiary/aromatic N) is 1. The first-order valence-electron chi connectivity index (χ1n) is 9.07. The van der Waals surface area contributed by atoms with Crippen LogP contribution in [-0.2, 0) is 16.1 Å². The van der Waals surface area contributed by atoms with E-state index in [1.807, 2.05) is 0 Å². The number of urea groups is 1. The third-order valence-electron chi connectivity index (χ3n) is 5.63. The molecule has 0 bridgehead atoms. The summed E-state index contributed by atoms with van der Waals surface area (Å²) in [6, 6.07) is 4.27. The molecule has 2 saturated carbocycles. The van der Waals surface area contributed by atoms with E-state index in [1.165, 1.54) is 6.07 Å². The largest absolute Gasteiger partial charge is 0.350 e. The second kappa shape index (κ2) is 6.07. The molecule has 26 heavy (non-hydrogen) atoms. The maximum Gasteiger partial charge on any atom is 0.325 e. The molecular weight excluding hydrogens is 337 g/mol. The van der Waals surface area contributed by atoms with Gasteiger partial charge in [0, 0.05) is 6.54 Å². The van der Waals surface area contributed by atoms with Gasteiger partial charge in [-0.05, 0) is 61.6 Å². The van der Waals surface area contributed by atoms with Gasteiger partial charge in [-0.3, -0.25) is 14.5 Å². The molecule has 0 spiro atoms. The molecule has 2 aliphatic carbocycles. The summed E-state index contributed by atoms with van der Waals surface area (Å²) in [6.45, 7) is 1.51. The Labute approximate surface area is 151 Å². The van der Waals surface area contributed by atoms with E-state index in [1.54, 1.807) is 19.1 Å². The lowest BCUT2D eigenvalue weighted by atomic mass is 9.87. The van der Waals surface area contributed by atoms with Gasteiger partial charge in [0.2, 0.25) is 5.91 Å². The number of carbonyl (C=O) groups excluding carboxylic acids is 3. The number of halogens is 1. The average Bonchev–Trinajstić information content (AvgIpc) is 3.50. The van der Waals surface area contributed by atoms with Crippen LogP contribution in [0.15, 0.2) is 18.2 Å².